The Morgan fingerprint density at radius 3 is 2.52 bits per heavy atom. The normalized spacial score (nSPS) is 19.9. The van der Waals surface area contributed by atoms with E-state index in [4.69, 9.17) is 4.74 Å². The largest absolute Gasteiger partial charge is 0.487 e. The fourth-order valence-electron chi connectivity index (χ4n) is 3.38. The lowest BCUT2D eigenvalue weighted by Crippen LogP contribution is -2.50. The minimum Gasteiger partial charge on any atom is -0.487 e. The molecular formula is C17H19N3O. The zero-order valence-electron chi connectivity index (χ0n) is 12.0. The van der Waals surface area contributed by atoms with Gasteiger partial charge in [0.2, 0.25) is 5.95 Å². The molecule has 4 nitrogen and oxygen atoms in total. The van der Waals surface area contributed by atoms with Gasteiger partial charge in [-0.05, 0) is 30.5 Å². The highest BCUT2D eigenvalue weighted by Crippen LogP contribution is 2.39. The number of fused-ring (bicyclic) bond motifs is 1. The molecule has 0 amide bonds. The topological polar surface area (TPSA) is 38.2 Å². The number of aryl methyl sites for hydroxylation is 1. The number of piperidine rings is 1. The third kappa shape index (κ3) is 2.35. The molecule has 0 saturated carbocycles. The van der Waals surface area contributed by atoms with E-state index < -0.39 is 0 Å². The van der Waals surface area contributed by atoms with Crippen LogP contribution in [-0.2, 0) is 6.42 Å². The summed E-state index contributed by atoms with van der Waals surface area (Å²) in [4.78, 5) is 11.0. The number of aromatic nitrogens is 2. The first kappa shape index (κ1) is 12.6. The molecule has 1 spiro atoms. The van der Waals surface area contributed by atoms with Crippen LogP contribution in [0.1, 0.15) is 24.8 Å². The van der Waals surface area contributed by atoms with Crippen LogP contribution < -0.4 is 9.64 Å². The minimum atomic E-state index is 0.0135. The number of nitrogens with zero attached hydrogens (tertiary/aromatic N) is 3. The molecule has 0 bridgehead atoms. The van der Waals surface area contributed by atoms with Gasteiger partial charge in [0, 0.05) is 38.3 Å². The van der Waals surface area contributed by atoms with Gasteiger partial charge in [-0.15, -0.1) is 0 Å². The van der Waals surface area contributed by atoms with Gasteiger partial charge in [-0.25, -0.2) is 9.97 Å². The maximum atomic E-state index is 6.38. The first-order chi connectivity index (χ1) is 10.3. The van der Waals surface area contributed by atoms with Crippen molar-refractivity contribution in [1.82, 2.24) is 9.97 Å². The molecule has 1 aromatic heterocycles. The number of para-hydroxylation sites is 1. The summed E-state index contributed by atoms with van der Waals surface area (Å²) in [5.41, 5.74) is 1.36. The van der Waals surface area contributed by atoms with Crippen LogP contribution in [0.4, 0.5) is 5.95 Å². The van der Waals surface area contributed by atoms with E-state index in [0.29, 0.717) is 0 Å². The van der Waals surface area contributed by atoms with E-state index in [0.717, 1.165) is 50.5 Å². The second-order valence-corrected chi connectivity index (χ2v) is 5.93. The second kappa shape index (κ2) is 5.02. The zero-order valence-corrected chi connectivity index (χ0v) is 12.0. The molecule has 0 atom stereocenters. The molecule has 3 heterocycles. The predicted octanol–water partition coefficient (Wildman–Crippen LogP) is 2.84. The number of hydrogen-bond acceptors (Lipinski definition) is 4. The molecule has 0 N–H and O–H groups in total. The Labute approximate surface area is 124 Å². The first-order valence-electron chi connectivity index (χ1n) is 7.64. The second-order valence-electron chi connectivity index (χ2n) is 5.93. The maximum absolute atomic E-state index is 6.38. The highest BCUT2D eigenvalue weighted by atomic mass is 16.5. The maximum Gasteiger partial charge on any atom is 0.225 e. The average Bonchev–Trinajstić information content (AvgIpc) is 2.56. The third-order valence-corrected chi connectivity index (χ3v) is 4.66. The molecule has 0 unspecified atom stereocenters. The highest BCUT2D eigenvalue weighted by Gasteiger charge is 2.39. The summed E-state index contributed by atoms with van der Waals surface area (Å²) in [7, 11) is 0. The average molecular weight is 281 g/mol. The van der Waals surface area contributed by atoms with Crippen LogP contribution in [0.2, 0.25) is 0 Å². The van der Waals surface area contributed by atoms with Gasteiger partial charge in [0.25, 0.3) is 0 Å². The number of hydrogen-bond donors (Lipinski definition) is 0. The number of rotatable bonds is 1. The Bertz CT molecular complexity index is 621. The Kier molecular flexibility index (Phi) is 3.02. The van der Waals surface area contributed by atoms with Gasteiger partial charge in [0.1, 0.15) is 11.4 Å². The molecule has 4 heteroatoms. The van der Waals surface area contributed by atoms with Crippen molar-refractivity contribution in [2.75, 3.05) is 18.0 Å². The van der Waals surface area contributed by atoms with Gasteiger partial charge in [-0.2, -0.15) is 0 Å². The lowest BCUT2D eigenvalue weighted by molar-refractivity contribution is 0.0223. The lowest BCUT2D eigenvalue weighted by atomic mass is 9.83. The van der Waals surface area contributed by atoms with E-state index >= 15 is 0 Å². The smallest absolute Gasteiger partial charge is 0.225 e. The monoisotopic (exact) mass is 281 g/mol. The molecule has 1 aromatic carbocycles. The fourth-order valence-corrected chi connectivity index (χ4v) is 3.38. The Morgan fingerprint density at radius 2 is 1.71 bits per heavy atom. The van der Waals surface area contributed by atoms with E-state index in [1.54, 1.807) is 12.4 Å². The predicted molar refractivity (Wildman–Crippen MR) is 81.6 cm³/mol. The number of benzene rings is 1. The summed E-state index contributed by atoms with van der Waals surface area (Å²) < 4.78 is 6.38. The van der Waals surface area contributed by atoms with Crippen LogP contribution in [0.3, 0.4) is 0 Å². The molecule has 2 aliphatic rings. The summed E-state index contributed by atoms with van der Waals surface area (Å²) in [6.07, 6.45) is 7.94. The lowest BCUT2D eigenvalue weighted by Gasteiger charge is -2.44. The SMILES string of the molecule is c1cnc(N2CCC3(CCc4ccccc4O3)CC2)nc1. The van der Waals surface area contributed by atoms with Crippen LogP contribution >= 0.6 is 0 Å². The van der Waals surface area contributed by atoms with Crippen LogP contribution in [0.15, 0.2) is 42.7 Å². The summed E-state index contributed by atoms with van der Waals surface area (Å²) in [5, 5.41) is 0. The van der Waals surface area contributed by atoms with E-state index in [1.165, 1.54) is 5.56 Å². The van der Waals surface area contributed by atoms with Gasteiger partial charge < -0.3 is 9.64 Å². The van der Waals surface area contributed by atoms with Gasteiger partial charge in [0.05, 0.1) is 0 Å². The molecule has 108 valence electrons. The van der Waals surface area contributed by atoms with E-state index in [9.17, 15) is 0 Å². The third-order valence-electron chi connectivity index (χ3n) is 4.66. The number of ether oxygens (including phenoxy) is 1. The van der Waals surface area contributed by atoms with Crippen molar-refractivity contribution in [1.29, 1.82) is 0 Å². The van der Waals surface area contributed by atoms with E-state index in [1.807, 2.05) is 6.07 Å². The summed E-state index contributed by atoms with van der Waals surface area (Å²) in [5.74, 6) is 1.91. The van der Waals surface area contributed by atoms with Crippen molar-refractivity contribution in [2.24, 2.45) is 0 Å². The van der Waals surface area contributed by atoms with Crippen LogP contribution in [0.25, 0.3) is 0 Å². The Hall–Kier alpha value is -2.10. The molecule has 1 fully saturated rings. The summed E-state index contributed by atoms with van der Waals surface area (Å²) >= 11 is 0. The quantitative estimate of drug-likeness (QED) is 0.805. The molecule has 4 rings (SSSR count). The van der Waals surface area contributed by atoms with Gasteiger partial charge in [-0.3, -0.25) is 0 Å². The fraction of sp³-hybridized carbons (Fsp3) is 0.412. The molecule has 2 aromatic rings. The Morgan fingerprint density at radius 1 is 0.952 bits per heavy atom. The molecule has 0 radical (unpaired) electrons. The van der Waals surface area contributed by atoms with Gasteiger partial charge in [0.15, 0.2) is 0 Å². The molecular weight excluding hydrogens is 262 g/mol. The van der Waals surface area contributed by atoms with Gasteiger partial charge >= 0.3 is 0 Å². The Balaban J connectivity index is 1.48. The van der Waals surface area contributed by atoms with E-state index in [2.05, 4.69) is 39.1 Å². The summed E-state index contributed by atoms with van der Waals surface area (Å²) in [6.45, 7) is 1.93. The highest BCUT2D eigenvalue weighted by molar-refractivity contribution is 5.37. The molecule has 21 heavy (non-hydrogen) atoms. The van der Waals surface area contributed by atoms with Crippen molar-refractivity contribution in [2.45, 2.75) is 31.3 Å². The van der Waals surface area contributed by atoms with Gasteiger partial charge in [-0.1, -0.05) is 18.2 Å². The van der Waals surface area contributed by atoms with Crippen molar-refractivity contribution in [3.8, 4) is 5.75 Å². The molecule has 1 saturated heterocycles. The van der Waals surface area contributed by atoms with Crippen molar-refractivity contribution in [3.05, 3.63) is 48.3 Å². The minimum absolute atomic E-state index is 0.0135. The molecule has 2 aliphatic heterocycles. The van der Waals surface area contributed by atoms with Crippen LogP contribution in [0.5, 0.6) is 5.75 Å². The molecule has 0 aliphatic carbocycles. The zero-order chi connectivity index (χ0) is 14.1. The number of anilines is 1. The van der Waals surface area contributed by atoms with Crippen molar-refractivity contribution in [3.63, 3.8) is 0 Å². The van der Waals surface area contributed by atoms with Crippen molar-refractivity contribution >= 4 is 5.95 Å². The van der Waals surface area contributed by atoms with E-state index in [-0.39, 0.29) is 5.60 Å². The van der Waals surface area contributed by atoms with Crippen molar-refractivity contribution < 1.29 is 4.74 Å². The standard InChI is InChI=1S/C17H19N3O/c1-2-5-15-14(4-1)6-7-17(21-15)8-12-20(13-9-17)16-18-10-3-11-19-16/h1-5,10-11H,6-9,12-13H2. The summed E-state index contributed by atoms with van der Waals surface area (Å²) in [6, 6.07) is 10.3. The first-order valence-corrected chi connectivity index (χ1v) is 7.64. The van der Waals surface area contributed by atoms with Crippen LogP contribution in [0, 0.1) is 0 Å². The van der Waals surface area contributed by atoms with Crippen LogP contribution in [-0.4, -0.2) is 28.7 Å².